The van der Waals surface area contributed by atoms with Crippen LogP contribution in [0.2, 0.25) is 0 Å². The molecule has 0 atom stereocenters. The van der Waals surface area contributed by atoms with Crippen LogP contribution in [0.15, 0.2) is 0 Å². The lowest BCUT2D eigenvalue weighted by Crippen LogP contribution is -2.22. The van der Waals surface area contributed by atoms with Crippen molar-refractivity contribution in [3.8, 4) is 0 Å². The Labute approximate surface area is 119 Å². The summed E-state index contributed by atoms with van der Waals surface area (Å²) in [4.78, 5) is 0. The van der Waals surface area contributed by atoms with E-state index in [1.807, 2.05) is 0 Å². The normalized spacial score (nSPS) is 8.53. The molecule has 15 heavy (non-hydrogen) atoms. The zero-order valence-corrected chi connectivity index (χ0v) is 13.2. The van der Waals surface area contributed by atoms with Crippen molar-refractivity contribution in [2.75, 3.05) is 24.6 Å². The fraction of sp³-hybridized carbons (Fsp3) is 0.667. The van der Waals surface area contributed by atoms with Gasteiger partial charge in [0.15, 0.2) is 10.3 Å². The Morgan fingerprint density at radius 2 is 1.27 bits per heavy atom. The fourth-order valence-electron chi connectivity index (χ4n) is 0.591. The Bertz CT molecular complexity index is 163. The summed E-state index contributed by atoms with van der Waals surface area (Å²) >= 11 is 2.64. The Morgan fingerprint density at radius 3 is 1.53 bits per heavy atom. The monoisotopic (exact) mass is 381 g/mol. The maximum Gasteiger partial charge on any atom is 0.151 e. The summed E-state index contributed by atoms with van der Waals surface area (Å²) in [6, 6.07) is 0. The molecule has 92 valence electrons. The third kappa shape index (κ3) is 20.6. The van der Waals surface area contributed by atoms with Gasteiger partial charge in [0, 0.05) is 24.6 Å². The smallest absolute Gasteiger partial charge is 0.151 e. The zero-order chi connectivity index (χ0) is 10.1. The van der Waals surface area contributed by atoms with Crippen molar-refractivity contribution in [2.45, 2.75) is 0 Å². The van der Waals surface area contributed by atoms with Crippen molar-refractivity contribution >= 4 is 67.8 Å². The van der Waals surface area contributed by atoms with Crippen molar-refractivity contribution in [1.82, 2.24) is 5.32 Å². The first-order valence-corrected chi connectivity index (χ1v) is 5.74. The van der Waals surface area contributed by atoms with E-state index in [1.54, 1.807) is 0 Å². The number of rotatable bonds is 6. The van der Waals surface area contributed by atoms with Crippen LogP contribution in [-0.2, 0) is 0 Å². The van der Waals surface area contributed by atoms with Gasteiger partial charge in [-0.25, -0.2) is 0 Å². The maximum atomic E-state index is 6.93. The van der Waals surface area contributed by atoms with Gasteiger partial charge in [-0.1, -0.05) is 23.5 Å². The highest BCUT2D eigenvalue weighted by molar-refractivity contribution is 8.93. The molecule has 0 heterocycles. The molecule has 0 aliphatic heterocycles. The minimum Gasteiger partial charge on any atom is -0.379 e. The molecule has 0 amide bonds. The number of hydrogen-bond donors (Lipinski definition) is 5. The van der Waals surface area contributed by atoms with Crippen molar-refractivity contribution < 1.29 is 0 Å². The summed E-state index contributed by atoms with van der Waals surface area (Å²) in [6.07, 6.45) is 0. The highest BCUT2D eigenvalue weighted by Crippen LogP contribution is 1.96. The summed E-state index contributed by atoms with van der Waals surface area (Å²) in [5.41, 5.74) is 10.3. The lowest BCUT2D eigenvalue weighted by Gasteiger charge is -2.02. The molecule has 0 aromatic rings. The highest BCUT2D eigenvalue weighted by Gasteiger charge is 1.92. The summed E-state index contributed by atoms with van der Waals surface area (Å²) in [7, 11) is 0. The first kappa shape index (κ1) is 20.9. The highest BCUT2D eigenvalue weighted by atomic mass is 79.9. The van der Waals surface area contributed by atoms with Crippen molar-refractivity contribution in [2.24, 2.45) is 11.5 Å². The molecule has 7 N–H and O–H groups in total. The molecule has 0 aromatic heterocycles. The molecule has 9 heteroatoms. The van der Waals surface area contributed by atoms with E-state index in [0.717, 1.165) is 24.6 Å². The van der Waals surface area contributed by atoms with Crippen LogP contribution in [0, 0.1) is 10.8 Å². The third-order valence-electron chi connectivity index (χ3n) is 1.07. The van der Waals surface area contributed by atoms with E-state index < -0.39 is 0 Å². The van der Waals surface area contributed by atoms with Crippen LogP contribution in [0.4, 0.5) is 0 Å². The van der Waals surface area contributed by atoms with Gasteiger partial charge in [-0.15, -0.1) is 34.0 Å². The molecule has 0 saturated heterocycles. The van der Waals surface area contributed by atoms with Gasteiger partial charge in [-0.2, -0.15) is 0 Å². The van der Waals surface area contributed by atoms with Crippen LogP contribution in [0.1, 0.15) is 0 Å². The van der Waals surface area contributed by atoms with E-state index in [9.17, 15) is 0 Å². The third-order valence-corrected chi connectivity index (χ3v) is 2.51. The largest absolute Gasteiger partial charge is 0.379 e. The SMILES string of the molecule is Br.Br.N=C(N)SCCNCCSC(=N)N. The van der Waals surface area contributed by atoms with Gasteiger partial charge in [-0.05, 0) is 0 Å². The summed E-state index contributed by atoms with van der Waals surface area (Å²) in [6.45, 7) is 1.64. The van der Waals surface area contributed by atoms with Crippen molar-refractivity contribution in [3.05, 3.63) is 0 Å². The van der Waals surface area contributed by atoms with Crippen LogP contribution < -0.4 is 16.8 Å². The van der Waals surface area contributed by atoms with E-state index >= 15 is 0 Å². The first-order valence-electron chi connectivity index (χ1n) is 3.77. The minimum absolute atomic E-state index is 0. The van der Waals surface area contributed by atoms with E-state index in [2.05, 4.69) is 5.32 Å². The topological polar surface area (TPSA) is 112 Å². The van der Waals surface area contributed by atoms with Crippen LogP contribution in [0.3, 0.4) is 0 Å². The van der Waals surface area contributed by atoms with E-state index in [0.29, 0.717) is 0 Å². The Balaban J connectivity index is -0.000000720. The van der Waals surface area contributed by atoms with Gasteiger partial charge in [0.25, 0.3) is 0 Å². The molecular weight excluding hydrogens is 366 g/mol. The second kappa shape index (κ2) is 14.6. The van der Waals surface area contributed by atoms with E-state index in [-0.39, 0.29) is 44.3 Å². The summed E-state index contributed by atoms with van der Waals surface area (Å²) in [5.74, 6) is 1.61. The molecule has 0 rings (SSSR count). The minimum atomic E-state index is 0. The Hall–Kier alpha value is 0.560. The lowest BCUT2D eigenvalue weighted by molar-refractivity contribution is 0.775. The predicted octanol–water partition coefficient (Wildman–Crippen LogP) is 0.985. The first-order chi connectivity index (χ1) is 6.13. The predicted molar refractivity (Wildman–Crippen MR) is 82.3 cm³/mol. The standard InChI is InChI=1S/C6H15N5S2.2BrH/c7-5(8)12-3-1-11-2-4-13-6(9)10;;/h11H,1-4H2,(H3,7,8)(H3,9,10);2*1H. The van der Waals surface area contributed by atoms with Crippen molar-refractivity contribution in [1.29, 1.82) is 10.8 Å². The second-order valence-electron chi connectivity index (χ2n) is 2.18. The van der Waals surface area contributed by atoms with Crippen LogP contribution in [-0.4, -0.2) is 34.9 Å². The Kier molecular flexibility index (Phi) is 20.3. The quantitative estimate of drug-likeness (QED) is 0.267. The van der Waals surface area contributed by atoms with Crippen LogP contribution in [0.25, 0.3) is 0 Å². The number of hydrogen-bond acceptors (Lipinski definition) is 5. The zero-order valence-electron chi connectivity index (χ0n) is 8.12. The lowest BCUT2D eigenvalue weighted by atomic mass is 10.7. The van der Waals surface area contributed by atoms with E-state index in [4.69, 9.17) is 22.3 Å². The molecule has 0 saturated carbocycles. The fourth-order valence-corrected chi connectivity index (χ4v) is 1.52. The Morgan fingerprint density at radius 1 is 0.933 bits per heavy atom. The molecular formula is C6H17Br2N5S2. The van der Waals surface area contributed by atoms with Gasteiger partial charge < -0.3 is 16.8 Å². The molecule has 0 aromatic carbocycles. The van der Waals surface area contributed by atoms with Crippen LogP contribution in [0.5, 0.6) is 0 Å². The molecule has 5 nitrogen and oxygen atoms in total. The molecule has 0 aliphatic rings. The maximum absolute atomic E-state index is 6.93. The molecule has 0 unspecified atom stereocenters. The van der Waals surface area contributed by atoms with Gasteiger partial charge in [-0.3, -0.25) is 10.8 Å². The van der Waals surface area contributed by atoms with Gasteiger partial charge in [0.05, 0.1) is 0 Å². The number of nitrogens with one attached hydrogen (secondary N) is 3. The molecule has 0 spiro atoms. The molecule has 0 fully saturated rings. The second-order valence-corrected chi connectivity index (χ2v) is 4.45. The molecule has 0 bridgehead atoms. The number of amidine groups is 2. The molecule has 0 radical (unpaired) electrons. The van der Waals surface area contributed by atoms with Crippen LogP contribution >= 0.6 is 57.5 Å². The van der Waals surface area contributed by atoms with Gasteiger partial charge in [0.2, 0.25) is 0 Å². The molecule has 0 aliphatic carbocycles. The van der Waals surface area contributed by atoms with Gasteiger partial charge in [0.1, 0.15) is 0 Å². The van der Waals surface area contributed by atoms with Crippen molar-refractivity contribution in [3.63, 3.8) is 0 Å². The number of thioether (sulfide) groups is 2. The number of nitrogens with two attached hydrogens (primary N) is 2. The summed E-state index contributed by atoms with van der Waals surface area (Å²) < 4.78 is 0. The average Bonchev–Trinajstić information content (AvgIpc) is 2.01. The average molecular weight is 383 g/mol. The number of halogens is 2. The summed E-state index contributed by atoms with van der Waals surface area (Å²) in [5, 5.41) is 17.3. The van der Waals surface area contributed by atoms with Gasteiger partial charge >= 0.3 is 0 Å². The van der Waals surface area contributed by atoms with E-state index in [1.165, 1.54) is 23.5 Å².